The van der Waals surface area contributed by atoms with E-state index in [1.54, 1.807) is 7.11 Å². The molecular formula is C10H19ClN2O3. The van der Waals surface area contributed by atoms with Crippen molar-refractivity contribution in [3.63, 3.8) is 0 Å². The van der Waals surface area contributed by atoms with Crippen LogP contribution in [0.3, 0.4) is 0 Å². The number of hydrogen-bond acceptors (Lipinski definition) is 3. The Morgan fingerprint density at radius 3 is 2.56 bits per heavy atom. The lowest BCUT2D eigenvalue weighted by atomic mass is 10.2. The van der Waals surface area contributed by atoms with Gasteiger partial charge in [0.05, 0.1) is 13.2 Å². The fourth-order valence-electron chi connectivity index (χ4n) is 1.00. The van der Waals surface area contributed by atoms with Crippen molar-refractivity contribution >= 4 is 23.4 Å². The highest BCUT2D eigenvalue weighted by Gasteiger charge is 2.04. The van der Waals surface area contributed by atoms with E-state index in [2.05, 4.69) is 10.6 Å². The smallest absolute Gasteiger partial charge is 0.239 e. The molecule has 0 radical (unpaired) electrons. The van der Waals surface area contributed by atoms with Crippen molar-refractivity contribution in [2.45, 2.75) is 19.3 Å². The second-order valence-electron chi connectivity index (χ2n) is 3.27. The van der Waals surface area contributed by atoms with E-state index >= 15 is 0 Å². The van der Waals surface area contributed by atoms with E-state index in [4.69, 9.17) is 16.3 Å². The largest absolute Gasteiger partial charge is 0.383 e. The van der Waals surface area contributed by atoms with Crippen LogP contribution in [0.25, 0.3) is 0 Å². The Morgan fingerprint density at radius 1 is 1.19 bits per heavy atom. The van der Waals surface area contributed by atoms with Gasteiger partial charge in [-0.15, -0.1) is 11.6 Å². The SMILES string of the molecule is COCCNC(=O)CNC(=O)CCCCCl. The molecule has 0 aliphatic rings. The predicted molar refractivity (Wildman–Crippen MR) is 62.5 cm³/mol. The molecule has 5 nitrogen and oxygen atoms in total. The van der Waals surface area contributed by atoms with Gasteiger partial charge in [0.1, 0.15) is 0 Å². The quantitative estimate of drug-likeness (QED) is 0.456. The zero-order valence-electron chi connectivity index (χ0n) is 9.55. The number of methoxy groups -OCH3 is 1. The third-order valence-electron chi connectivity index (χ3n) is 1.86. The van der Waals surface area contributed by atoms with Gasteiger partial charge in [0.25, 0.3) is 0 Å². The normalized spacial score (nSPS) is 9.88. The number of rotatable bonds is 9. The molecule has 0 aliphatic heterocycles. The molecule has 0 saturated heterocycles. The summed E-state index contributed by atoms with van der Waals surface area (Å²) >= 11 is 5.48. The van der Waals surface area contributed by atoms with Crippen molar-refractivity contribution in [3.8, 4) is 0 Å². The number of halogens is 1. The highest BCUT2D eigenvalue weighted by atomic mass is 35.5. The van der Waals surface area contributed by atoms with Crippen LogP contribution in [0.2, 0.25) is 0 Å². The number of unbranched alkanes of at least 4 members (excludes halogenated alkanes) is 1. The summed E-state index contributed by atoms with van der Waals surface area (Å²) in [5.41, 5.74) is 0. The zero-order valence-corrected chi connectivity index (χ0v) is 10.3. The summed E-state index contributed by atoms with van der Waals surface area (Å²) in [6, 6.07) is 0. The number of carbonyl (C=O) groups is 2. The Balaban J connectivity index is 3.40. The van der Waals surface area contributed by atoms with Gasteiger partial charge < -0.3 is 15.4 Å². The molecule has 0 saturated carbocycles. The van der Waals surface area contributed by atoms with Crippen molar-refractivity contribution in [3.05, 3.63) is 0 Å². The van der Waals surface area contributed by atoms with E-state index in [1.165, 1.54) is 0 Å². The standard InChI is InChI=1S/C10H19ClN2O3/c1-16-7-6-12-10(15)8-13-9(14)4-2-3-5-11/h2-8H2,1H3,(H,12,15)(H,13,14). The highest BCUT2D eigenvalue weighted by molar-refractivity contribution is 6.17. The Hall–Kier alpha value is -0.810. The third kappa shape index (κ3) is 9.73. The van der Waals surface area contributed by atoms with Crippen LogP contribution < -0.4 is 10.6 Å². The maximum atomic E-state index is 11.2. The molecule has 0 fully saturated rings. The maximum Gasteiger partial charge on any atom is 0.239 e. The molecule has 0 aliphatic carbocycles. The summed E-state index contributed by atoms with van der Waals surface area (Å²) in [5, 5.41) is 5.14. The molecule has 6 heteroatoms. The summed E-state index contributed by atoms with van der Waals surface area (Å²) in [7, 11) is 1.56. The van der Waals surface area contributed by atoms with Crippen molar-refractivity contribution < 1.29 is 14.3 Å². The van der Waals surface area contributed by atoms with E-state index in [1.807, 2.05) is 0 Å². The number of nitrogens with one attached hydrogen (secondary N) is 2. The van der Waals surface area contributed by atoms with Gasteiger partial charge in [-0.05, 0) is 12.8 Å². The predicted octanol–water partition coefficient (Wildman–Crippen LogP) is 0.274. The lowest BCUT2D eigenvalue weighted by molar-refractivity contribution is -0.126. The molecule has 2 amide bonds. The fraction of sp³-hybridized carbons (Fsp3) is 0.800. The van der Waals surface area contributed by atoms with Crippen LogP contribution in [-0.2, 0) is 14.3 Å². The van der Waals surface area contributed by atoms with Gasteiger partial charge in [0, 0.05) is 26.0 Å². The first kappa shape index (κ1) is 15.2. The van der Waals surface area contributed by atoms with E-state index < -0.39 is 0 Å². The average Bonchev–Trinajstić information content (AvgIpc) is 2.27. The highest BCUT2D eigenvalue weighted by Crippen LogP contribution is 1.96. The van der Waals surface area contributed by atoms with E-state index in [0.717, 1.165) is 12.8 Å². The van der Waals surface area contributed by atoms with Gasteiger partial charge in [-0.2, -0.15) is 0 Å². The first-order chi connectivity index (χ1) is 7.70. The number of carbonyl (C=O) groups excluding carboxylic acids is 2. The van der Waals surface area contributed by atoms with Crippen LogP contribution in [0, 0.1) is 0 Å². The molecule has 0 atom stereocenters. The zero-order chi connectivity index (χ0) is 12.2. The van der Waals surface area contributed by atoms with Crippen molar-refractivity contribution in [2.24, 2.45) is 0 Å². The monoisotopic (exact) mass is 250 g/mol. The lowest BCUT2D eigenvalue weighted by Crippen LogP contribution is -2.38. The molecule has 16 heavy (non-hydrogen) atoms. The summed E-state index contributed by atoms with van der Waals surface area (Å²) < 4.78 is 4.77. The van der Waals surface area contributed by atoms with Crippen LogP contribution in [0.15, 0.2) is 0 Å². The third-order valence-corrected chi connectivity index (χ3v) is 2.13. The molecule has 0 aromatic heterocycles. The molecule has 0 rings (SSSR count). The minimum Gasteiger partial charge on any atom is -0.383 e. The van der Waals surface area contributed by atoms with E-state index in [9.17, 15) is 9.59 Å². The summed E-state index contributed by atoms with van der Waals surface area (Å²) in [6.45, 7) is 0.941. The van der Waals surface area contributed by atoms with Crippen molar-refractivity contribution in [2.75, 3.05) is 32.7 Å². The Labute approximate surface area is 101 Å². The van der Waals surface area contributed by atoms with Gasteiger partial charge >= 0.3 is 0 Å². The molecular weight excluding hydrogens is 232 g/mol. The molecule has 0 bridgehead atoms. The fourth-order valence-corrected chi connectivity index (χ4v) is 1.19. The minimum absolute atomic E-state index is 0.0173. The van der Waals surface area contributed by atoms with Crippen LogP contribution in [0.4, 0.5) is 0 Å². The minimum atomic E-state index is -0.206. The van der Waals surface area contributed by atoms with Crippen LogP contribution in [0.1, 0.15) is 19.3 Å². The first-order valence-electron chi connectivity index (χ1n) is 5.29. The topological polar surface area (TPSA) is 67.4 Å². The maximum absolute atomic E-state index is 11.2. The first-order valence-corrected chi connectivity index (χ1v) is 5.82. The van der Waals surface area contributed by atoms with E-state index in [-0.39, 0.29) is 18.4 Å². The van der Waals surface area contributed by atoms with Crippen LogP contribution in [0.5, 0.6) is 0 Å². The summed E-state index contributed by atoms with van der Waals surface area (Å²) in [6.07, 6.45) is 1.98. The second kappa shape index (κ2) is 10.7. The van der Waals surface area contributed by atoms with Crippen molar-refractivity contribution in [1.82, 2.24) is 10.6 Å². The number of ether oxygens (including phenoxy) is 1. The van der Waals surface area contributed by atoms with Gasteiger partial charge in [-0.25, -0.2) is 0 Å². The van der Waals surface area contributed by atoms with Crippen LogP contribution >= 0.6 is 11.6 Å². The Morgan fingerprint density at radius 2 is 1.94 bits per heavy atom. The molecule has 0 aromatic carbocycles. The van der Waals surface area contributed by atoms with Crippen LogP contribution in [-0.4, -0.2) is 44.5 Å². The van der Waals surface area contributed by atoms with Crippen molar-refractivity contribution in [1.29, 1.82) is 0 Å². The molecule has 2 N–H and O–H groups in total. The second-order valence-corrected chi connectivity index (χ2v) is 3.64. The molecule has 94 valence electrons. The summed E-state index contributed by atoms with van der Waals surface area (Å²) in [4.78, 5) is 22.3. The van der Waals surface area contributed by atoms with Gasteiger partial charge in [-0.1, -0.05) is 0 Å². The molecule has 0 spiro atoms. The van der Waals surface area contributed by atoms with Gasteiger partial charge in [0.2, 0.25) is 11.8 Å². The Bertz CT molecular complexity index is 190. The lowest BCUT2D eigenvalue weighted by Gasteiger charge is -2.06. The van der Waals surface area contributed by atoms with Gasteiger partial charge in [0.15, 0.2) is 0 Å². The number of amides is 2. The Kier molecular flexibility index (Phi) is 10.2. The molecule has 0 heterocycles. The molecule has 0 unspecified atom stereocenters. The average molecular weight is 251 g/mol. The van der Waals surface area contributed by atoms with Gasteiger partial charge in [-0.3, -0.25) is 9.59 Å². The summed E-state index contributed by atoms with van der Waals surface area (Å²) in [5.74, 6) is 0.236. The number of alkyl halides is 1. The van der Waals surface area contributed by atoms with E-state index in [0.29, 0.717) is 25.5 Å². The number of hydrogen-bond donors (Lipinski definition) is 2. The molecule has 0 aromatic rings.